The van der Waals surface area contributed by atoms with Crippen molar-refractivity contribution in [2.45, 2.75) is 33.7 Å². The fourth-order valence-corrected chi connectivity index (χ4v) is 2.65. The van der Waals surface area contributed by atoms with E-state index in [1.807, 2.05) is 0 Å². The van der Waals surface area contributed by atoms with Crippen molar-refractivity contribution in [2.75, 3.05) is 6.54 Å². The van der Waals surface area contributed by atoms with Crippen molar-refractivity contribution in [1.82, 2.24) is 5.32 Å². The zero-order valence-electron chi connectivity index (χ0n) is 14.8. The highest BCUT2D eigenvalue weighted by molar-refractivity contribution is 5.94. The Morgan fingerprint density at radius 1 is 1.16 bits per heavy atom. The molecule has 0 radical (unpaired) electrons. The molecular weight excluding hydrogens is 322 g/mol. The molecule has 134 valence electrons. The fraction of sp³-hybridized carbons (Fsp3) is 0.350. The number of rotatable bonds is 7. The van der Waals surface area contributed by atoms with E-state index in [0.717, 1.165) is 13.0 Å². The molecule has 0 atom stereocenters. The maximum Gasteiger partial charge on any atom is 0.251 e. The predicted octanol–water partition coefficient (Wildman–Crippen LogP) is 4.17. The summed E-state index contributed by atoms with van der Waals surface area (Å²) in [5, 5.41) is 3.22. The van der Waals surface area contributed by atoms with Gasteiger partial charge in [-0.1, -0.05) is 26.0 Å². The molecule has 3 N–H and O–H groups in total. The highest BCUT2D eigenvalue weighted by atomic mass is 19.1. The van der Waals surface area contributed by atoms with Gasteiger partial charge in [0.05, 0.1) is 5.56 Å². The lowest BCUT2D eigenvalue weighted by Gasteiger charge is -2.12. The summed E-state index contributed by atoms with van der Waals surface area (Å²) in [5.74, 6) is -1.26. The zero-order chi connectivity index (χ0) is 18.6. The van der Waals surface area contributed by atoms with Crippen LogP contribution < -0.4 is 11.1 Å². The first kappa shape index (κ1) is 19.1. The molecule has 0 bridgehead atoms. The van der Waals surface area contributed by atoms with Gasteiger partial charge in [-0.3, -0.25) is 4.79 Å². The van der Waals surface area contributed by atoms with Crippen LogP contribution in [0.1, 0.15) is 41.8 Å². The highest BCUT2D eigenvalue weighted by Crippen LogP contribution is 2.27. The summed E-state index contributed by atoms with van der Waals surface area (Å²) in [6.07, 6.45) is 1.03. The van der Waals surface area contributed by atoms with Crippen molar-refractivity contribution in [1.29, 1.82) is 0 Å². The Bertz CT molecular complexity index is 773. The quantitative estimate of drug-likeness (QED) is 0.739. The number of amides is 1. The molecule has 0 heterocycles. The van der Waals surface area contributed by atoms with E-state index < -0.39 is 11.7 Å². The first-order chi connectivity index (χ1) is 11.8. The molecule has 1 amide bonds. The van der Waals surface area contributed by atoms with E-state index in [9.17, 15) is 13.6 Å². The van der Waals surface area contributed by atoms with Crippen molar-refractivity contribution in [2.24, 2.45) is 11.7 Å². The SMILES string of the molecule is Cc1cc(C(N)=O)c(F)cc1-c1ccc(CNCCC(C)C)c(F)c1. The molecule has 0 aliphatic heterocycles. The minimum Gasteiger partial charge on any atom is -0.366 e. The van der Waals surface area contributed by atoms with Crippen LogP contribution in [-0.2, 0) is 6.54 Å². The van der Waals surface area contributed by atoms with E-state index in [0.29, 0.717) is 34.7 Å². The fourth-order valence-electron chi connectivity index (χ4n) is 2.65. The number of nitrogens with one attached hydrogen (secondary N) is 1. The van der Waals surface area contributed by atoms with Crippen LogP contribution in [0.4, 0.5) is 8.78 Å². The standard InChI is InChI=1S/C20H24F2N2O/c1-12(2)6-7-24-11-15-5-4-14(9-18(15)21)16-10-19(22)17(20(23)25)8-13(16)3/h4-5,8-10,12,24H,6-7,11H2,1-3H3,(H2,23,25). The molecule has 0 unspecified atom stereocenters. The van der Waals surface area contributed by atoms with E-state index in [1.165, 1.54) is 18.2 Å². The van der Waals surface area contributed by atoms with Gasteiger partial charge in [-0.05, 0) is 60.7 Å². The van der Waals surface area contributed by atoms with Crippen molar-refractivity contribution < 1.29 is 13.6 Å². The van der Waals surface area contributed by atoms with Gasteiger partial charge in [0, 0.05) is 12.1 Å². The van der Waals surface area contributed by atoms with E-state index in [1.54, 1.807) is 19.1 Å². The average molecular weight is 346 g/mol. The molecule has 5 heteroatoms. The number of aryl methyl sites for hydroxylation is 1. The van der Waals surface area contributed by atoms with Gasteiger partial charge < -0.3 is 11.1 Å². The first-order valence-corrected chi connectivity index (χ1v) is 8.39. The highest BCUT2D eigenvalue weighted by Gasteiger charge is 2.14. The van der Waals surface area contributed by atoms with Crippen molar-refractivity contribution in [3.63, 3.8) is 0 Å². The number of carbonyl (C=O) groups is 1. The molecule has 2 aromatic rings. The maximum atomic E-state index is 14.4. The normalized spacial score (nSPS) is 11.1. The average Bonchev–Trinajstić information content (AvgIpc) is 2.54. The molecule has 0 aliphatic rings. The van der Waals surface area contributed by atoms with Gasteiger partial charge in [0.15, 0.2) is 0 Å². The zero-order valence-corrected chi connectivity index (χ0v) is 14.8. The molecule has 0 spiro atoms. The summed E-state index contributed by atoms with van der Waals surface area (Å²) >= 11 is 0. The van der Waals surface area contributed by atoms with E-state index in [-0.39, 0.29) is 11.4 Å². The summed E-state index contributed by atoms with van der Waals surface area (Å²) in [5.41, 5.74) is 7.33. The number of carbonyl (C=O) groups excluding carboxylic acids is 1. The van der Waals surface area contributed by atoms with Crippen LogP contribution >= 0.6 is 0 Å². The van der Waals surface area contributed by atoms with E-state index in [4.69, 9.17) is 5.73 Å². The summed E-state index contributed by atoms with van der Waals surface area (Å²) in [7, 11) is 0. The van der Waals surface area contributed by atoms with Crippen LogP contribution in [0.25, 0.3) is 11.1 Å². The van der Waals surface area contributed by atoms with Gasteiger partial charge in [0.2, 0.25) is 0 Å². The Morgan fingerprint density at radius 3 is 2.48 bits per heavy atom. The smallest absolute Gasteiger partial charge is 0.251 e. The molecule has 0 aliphatic carbocycles. The maximum absolute atomic E-state index is 14.4. The lowest BCUT2D eigenvalue weighted by Crippen LogP contribution is -2.17. The lowest BCUT2D eigenvalue weighted by molar-refractivity contribution is 0.0996. The topological polar surface area (TPSA) is 55.1 Å². The van der Waals surface area contributed by atoms with Crippen LogP contribution in [0.5, 0.6) is 0 Å². The van der Waals surface area contributed by atoms with Crippen LogP contribution in [0, 0.1) is 24.5 Å². The van der Waals surface area contributed by atoms with Crippen LogP contribution in [0.3, 0.4) is 0 Å². The second-order valence-corrected chi connectivity index (χ2v) is 6.68. The second kappa shape index (κ2) is 8.21. The molecule has 0 fully saturated rings. The number of benzene rings is 2. The van der Waals surface area contributed by atoms with Crippen LogP contribution in [0.2, 0.25) is 0 Å². The third kappa shape index (κ3) is 4.86. The summed E-state index contributed by atoms with van der Waals surface area (Å²) in [6.45, 7) is 7.30. The minimum atomic E-state index is -0.818. The Morgan fingerprint density at radius 2 is 1.88 bits per heavy atom. The second-order valence-electron chi connectivity index (χ2n) is 6.68. The van der Waals surface area contributed by atoms with Crippen LogP contribution in [-0.4, -0.2) is 12.5 Å². The molecule has 2 aromatic carbocycles. The third-order valence-corrected chi connectivity index (χ3v) is 4.16. The van der Waals surface area contributed by atoms with Gasteiger partial charge in [-0.15, -0.1) is 0 Å². The van der Waals surface area contributed by atoms with Gasteiger partial charge >= 0.3 is 0 Å². The van der Waals surface area contributed by atoms with Crippen molar-refractivity contribution >= 4 is 5.91 Å². The lowest BCUT2D eigenvalue weighted by atomic mass is 9.96. The summed E-state index contributed by atoms with van der Waals surface area (Å²) in [4.78, 5) is 11.2. The molecule has 0 aromatic heterocycles. The number of hydrogen-bond donors (Lipinski definition) is 2. The predicted molar refractivity (Wildman–Crippen MR) is 96.2 cm³/mol. The third-order valence-electron chi connectivity index (χ3n) is 4.16. The number of hydrogen-bond acceptors (Lipinski definition) is 2. The van der Waals surface area contributed by atoms with Crippen molar-refractivity contribution in [3.8, 4) is 11.1 Å². The Balaban J connectivity index is 2.20. The number of nitrogens with two attached hydrogens (primary N) is 1. The largest absolute Gasteiger partial charge is 0.366 e. The molecule has 0 saturated carbocycles. The Hall–Kier alpha value is -2.27. The molecule has 25 heavy (non-hydrogen) atoms. The van der Waals surface area contributed by atoms with Crippen LogP contribution in [0.15, 0.2) is 30.3 Å². The summed E-state index contributed by atoms with van der Waals surface area (Å²) < 4.78 is 28.4. The molecule has 0 saturated heterocycles. The molecular formula is C20H24F2N2O. The number of halogens is 2. The minimum absolute atomic E-state index is 0.160. The van der Waals surface area contributed by atoms with Gasteiger partial charge in [0.1, 0.15) is 11.6 Å². The molecule has 3 nitrogen and oxygen atoms in total. The van der Waals surface area contributed by atoms with E-state index >= 15 is 0 Å². The first-order valence-electron chi connectivity index (χ1n) is 8.39. The summed E-state index contributed by atoms with van der Waals surface area (Å²) in [6, 6.07) is 7.48. The molecule has 2 rings (SSSR count). The Labute approximate surface area is 147 Å². The van der Waals surface area contributed by atoms with Crippen molar-refractivity contribution in [3.05, 3.63) is 58.7 Å². The number of primary amides is 1. The van der Waals surface area contributed by atoms with Gasteiger partial charge in [0.25, 0.3) is 5.91 Å². The van der Waals surface area contributed by atoms with Gasteiger partial charge in [-0.2, -0.15) is 0 Å². The monoisotopic (exact) mass is 346 g/mol. The Kier molecular flexibility index (Phi) is 6.26. The van der Waals surface area contributed by atoms with Gasteiger partial charge in [-0.25, -0.2) is 8.78 Å². The van der Waals surface area contributed by atoms with E-state index in [2.05, 4.69) is 19.2 Å².